The maximum absolute atomic E-state index is 6.38. The van der Waals surface area contributed by atoms with Gasteiger partial charge < -0.3 is 14.6 Å². The van der Waals surface area contributed by atoms with Crippen LogP contribution in [-0.4, -0.2) is 36.1 Å². The van der Waals surface area contributed by atoms with Crippen molar-refractivity contribution in [3.8, 4) is 10.6 Å². The Labute approximate surface area is 150 Å². The summed E-state index contributed by atoms with van der Waals surface area (Å²) in [6.45, 7) is 9.67. The fraction of sp³-hybridized carbons (Fsp3) is 0.412. The Morgan fingerprint density at radius 3 is 2.71 bits per heavy atom. The van der Waals surface area contributed by atoms with Gasteiger partial charge in [-0.25, -0.2) is 4.98 Å². The van der Waals surface area contributed by atoms with Crippen molar-refractivity contribution < 1.29 is 4.42 Å². The van der Waals surface area contributed by atoms with Gasteiger partial charge >= 0.3 is 0 Å². The SMILES string of the molecule is CC.Cc1c(Cl)cc2nc(N3CCNCC3)oc2c1-c1nccs1. The molecule has 0 radical (unpaired) electrons. The molecule has 4 rings (SSSR count). The zero-order valence-electron chi connectivity index (χ0n) is 14.1. The number of anilines is 1. The first kappa shape index (κ1) is 17.2. The van der Waals surface area contributed by atoms with E-state index in [0.29, 0.717) is 11.0 Å². The van der Waals surface area contributed by atoms with E-state index in [-0.39, 0.29) is 0 Å². The lowest BCUT2D eigenvalue weighted by Gasteiger charge is -2.25. The summed E-state index contributed by atoms with van der Waals surface area (Å²) in [6, 6.07) is 2.54. The van der Waals surface area contributed by atoms with E-state index in [4.69, 9.17) is 16.0 Å². The molecule has 1 aromatic carbocycles. The number of fused-ring (bicyclic) bond motifs is 1. The Kier molecular flexibility index (Phi) is 5.38. The molecule has 128 valence electrons. The minimum absolute atomic E-state index is 0.663. The number of benzene rings is 1. The number of nitrogens with zero attached hydrogens (tertiary/aromatic N) is 3. The number of hydrogen-bond acceptors (Lipinski definition) is 6. The van der Waals surface area contributed by atoms with E-state index in [1.165, 1.54) is 0 Å². The minimum atomic E-state index is 0.663. The molecule has 2 aromatic heterocycles. The normalized spacial score (nSPS) is 14.6. The summed E-state index contributed by atoms with van der Waals surface area (Å²) < 4.78 is 6.09. The van der Waals surface area contributed by atoms with E-state index in [9.17, 15) is 0 Å². The molecule has 1 aliphatic heterocycles. The van der Waals surface area contributed by atoms with Crippen LogP contribution in [0.1, 0.15) is 19.4 Å². The van der Waals surface area contributed by atoms with Crippen molar-refractivity contribution in [1.82, 2.24) is 15.3 Å². The number of rotatable bonds is 2. The fourth-order valence-corrected chi connectivity index (χ4v) is 3.64. The Hall–Kier alpha value is -1.63. The molecule has 1 fully saturated rings. The summed E-state index contributed by atoms with van der Waals surface area (Å²) in [4.78, 5) is 11.2. The van der Waals surface area contributed by atoms with Gasteiger partial charge in [0.15, 0.2) is 5.58 Å². The fourth-order valence-electron chi connectivity index (χ4n) is 2.71. The number of hydrogen-bond donors (Lipinski definition) is 1. The Bertz CT molecular complexity index is 810. The molecule has 1 N–H and O–H groups in total. The van der Waals surface area contributed by atoms with E-state index >= 15 is 0 Å². The standard InChI is InChI=1S/C15H15ClN4OS.C2H6/c1-9-10(16)8-11-13(12(9)14-18-4-7-22-14)21-15(19-11)20-5-2-17-3-6-20;1-2/h4,7-8,17H,2-3,5-6H2,1H3;1-2H3. The molecule has 0 unspecified atom stereocenters. The third-order valence-electron chi connectivity index (χ3n) is 3.90. The van der Waals surface area contributed by atoms with Gasteiger partial charge in [-0.2, -0.15) is 4.98 Å². The predicted molar refractivity (Wildman–Crippen MR) is 101 cm³/mol. The van der Waals surface area contributed by atoms with E-state index in [2.05, 4.69) is 20.2 Å². The highest BCUT2D eigenvalue weighted by Crippen LogP contribution is 2.38. The topological polar surface area (TPSA) is 54.2 Å². The van der Waals surface area contributed by atoms with Gasteiger partial charge in [0.25, 0.3) is 6.01 Å². The van der Waals surface area contributed by atoms with Crippen molar-refractivity contribution in [3.05, 3.63) is 28.2 Å². The lowest BCUT2D eigenvalue weighted by atomic mass is 10.1. The molecule has 0 bridgehead atoms. The largest absolute Gasteiger partial charge is 0.423 e. The molecule has 3 aromatic rings. The second kappa shape index (κ2) is 7.51. The maximum Gasteiger partial charge on any atom is 0.298 e. The van der Waals surface area contributed by atoms with Crippen LogP contribution in [0.25, 0.3) is 21.7 Å². The van der Waals surface area contributed by atoms with E-state index in [1.54, 1.807) is 17.5 Å². The van der Waals surface area contributed by atoms with Gasteiger partial charge in [-0.15, -0.1) is 11.3 Å². The van der Waals surface area contributed by atoms with E-state index in [0.717, 1.165) is 53.4 Å². The zero-order chi connectivity index (χ0) is 17.1. The third kappa shape index (κ3) is 3.14. The summed E-state index contributed by atoms with van der Waals surface area (Å²) in [5.74, 6) is 0. The first-order valence-corrected chi connectivity index (χ1v) is 9.45. The molecule has 0 amide bonds. The van der Waals surface area contributed by atoms with Gasteiger partial charge in [0.1, 0.15) is 10.5 Å². The van der Waals surface area contributed by atoms with Crippen molar-refractivity contribution in [2.24, 2.45) is 0 Å². The molecule has 1 saturated heterocycles. The quantitative estimate of drug-likeness (QED) is 0.732. The summed E-state index contributed by atoms with van der Waals surface area (Å²) in [5, 5.41) is 6.89. The van der Waals surface area contributed by atoms with Crippen LogP contribution in [0, 0.1) is 6.92 Å². The highest BCUT2D eigenvalue weighted by Gasteiger charge is 2.21. The number of piperazine rings is 1. The van der Waals surface area contributed by atoms with Crippen LogP contribution < -0.4 is 10.2 Å². The lowest BCUT2D eigenvalue weighted by molar-refractivity contribution is 0.518. The van der Waals surface area contributed by atoms with Gasteiger partial charge in [-0.3, -0.25) is 0 Å². The second-order valence-corrected chi connectivity index (χ2v) is 6.58. The Morgan fingerprint density at radius 1 is 1.29 bits per heavy atom. The first-order chi connectivity index (χ1) is 11.7. The molecular weight excluding hydrogens is 344 g/mol. The van der Waals surface area contributed by atoms with Crippen LogP contribution in [0.4, 0.5) is 6.01 Å². The summed E-state index contributed by atoms with van der Waals surface area (Å²) >= 11 is 7.95. The zero-order valence-corrected chi connectivity index (χ0v) is 15.7. The number of halogens is 1. The van der Waals surface area contributed by atoms with Crippen molar-refractivity contribution >= 4 is 40.1 Å². The molecule has 3 heterocycles. The lowest BCUT2D eigenvalue weighted by Crippen LogP contribution is -2.43. The van der Waals surface area contributed by atoms with Crippen molar-refractivity contribution in [2.45, 2.75) is 20.8 Å². The van der Waals surface area contributed by atoms with Crippen LogP contribution in [0.15, 0.2) is 22.1 Å². The van der Waals surface area contributed by atoms with Gasteiger partial charge in [0, 0.05) is 42.8 Å². The monoisotopic (exact) mass is 364 g/mol. The van der Waals surface area contributed by atoms with Crippen LogP contribution in [0.5, 0.6) is 0 Å². The van der Waals surface area contributed by atoms with Gasteiger partial charge in [0.05, 0.1) is 5.56 Å². The molecule has 1 aliphatic rings. The molecule has 24 heavy (non-hydrogen) atoms. The average molecular weight is 365 g/mol. The molecule has 5 nitrogen and oxygen atoms in total. The van der Waals surface area contributed by atoms with E-state index < -0.39 is 0 Å². The molecule has 0 aliphatic carbocycles. The second-order valence-electron chi connectivity index (χ2n) is 5.28. The Balaban J connectivity index is 0.000000815. The maximum atomic E-state index is 6.38. The van der Waals surface area contributed by atoms with Crippen molar-refractivity contribution in [1.29, 1.82) is 0 Å². The minimum Gasteiger partial charge on any atom is -0.423 e. The van der Waals surface area contributed by atoms with Gasteiger partial charge in [-0.1, -0.05) is 25.4 Å². The third-order valence-corrected chi connectivity index (χ3v) is 5.08. The van der Waals surface area contributed by atoms with Crippen molar-refractivity contribution in [3.63, 3.8) is 0 Å². The van der Waals surface area contributed by atoms with Gasteiger partial charge in [-0.05, 0) is 18.6 Å². The number of oxazole rings is 1. The van der Waals surface area contributed by atoms with Crippen LogP contribution in [-0.2, 0) is 0 Å². The average Bonchev–Trinajstić information content (AvgIpc) is 3.28. The molecule has 0 saturated carbocycles. The molecule has 7 heteroatoms. The first-order valence-electron chi connectivity index (χ1n) is 8.19. The highest BCUT2D eigenvalue weighted by atomic mass is 35.5. The number of aromatic nitrogens is 2. The Morgan fingerprint density at radius 2 is 2.04 bits per heavy atom. The van der Waals surface area contributed by atoms with Crippen LogP contribution in [0.2, 0.25) is 5.02 Å². The number of nitrogens with one attached hydrogen (secondary N) is 1. The van der Waals surface area contributed by atoms with Crippen molar-refractivity contribution in [2.75, 3.05) is 31.1 Å². The summed E-state index contributed by atoms with van der Waals surface area (Å²) in [7, 11) is 0. The predicted octanol–water partition coefficient (Wildman–Crippen LogP) is 4.35. The summed E-state index contributed by atoms with van der Waals surface area (Å²) in [6.07, 6.45) is 1.79. The van der Waals surface area contributed by atoms with E-state index in [1.807, 2.05) is 32.2 Å². The summed E-state index contributed by atoms with van der Waals surface area (Å²) in [5.41, 5.74) is 3.48. The number of thiazole rings is 1. The van der Waals surface area contributed by atoms with Crippen LogP contribution >= 0.6 is 22.9 Å². The molecular formula is C17H21ClN4OS. The smallest absolute Gasteiger partial charge is 0.298 e. The molecule has 0 atom stereocenters. The molecule has 0 spiro atoms. The van der Waals surface area contributed by atoms with Gasteiger partial charge in [0.2, 0.25) is 0 Å². The van der Waals surface area contributed by atoms with Crippen LogP contribution in [0.3, 0.4) is 0 Å². The highest BCUT2D eigenvalue weighted by molar-refractivity contribution is 7.13.